The van der Waals surface area contributed by atoms with Crippen molar-refractivity contribution in [3.63, 3.8) is 0 Å². The van der Waals surface area contributed by atoms with Gasteiger partial charge >= 0.3 is 0 Å². The van der Waals surface area contributed by atoms with Crippen LogP contribution in [0.1, 0.15) is 31.7 Å². The van der Waals surface area contributed by atoms with E-state index >= 15 is 0 Å². The maximum Gasteiger partial charge on any atom is 0.119 e. The fraction of sp³-hybridized carbons (Fsp3) is 0.562. The molecule has 1 fully saturated rings. The van der Waals surface area contributed by atoms with Gasteiger partial charge in [0.1, 0.15) is 18.5 Å². The van der Waals surface area contributed by atoms with Gasteiger partial charge in [0, 0.05) is 12.6 Å². The Hall–Kier alpha value is -1.57. The van der Waals surface area contributed by atoms with Crippen LogP contribution < -0.4 is 4.74 Å². The zero-order valence-corrected chi connectivity index (χ0v) is 12.0. The number of nitriles is 1. The van der Waals surface area contributed by atoms with Gasteiger partial charge in [-0.1, -0.05) is 6.42 Å². The van der Waals surface area contributed by atoms with Crippen molar-refractivity contribution in [1.82, 2.24) is 4.90 Å². The van der Waals surface area contributed by atoms with Gasteiger partial charge in [-0.3, -0.25) is 4.90 Å². The van der Waals surface area contributed by atoms with Crippen molar-refractivity contribution < 1.29 is 9.84 Å². The smallest absolute Gasteiger partial charge is 0.119 e. The first kappa shape index (κ1) is 14.8. The number of likely N-dealkylation sites (tertiary alicyclic amines) is 1. The topological polar surface area (TPSA) is 56.5 Å². The second kappa shape index (κ2) is 7.28. The third kappa shape index (κ3) is 4.22. The monoisotopic (exact) mass is 274 g/mol. The van der Waals surface area contributed by atoms with Crippen LogP contribution in [-0.2, 0) is 0 Å². The highest BCUT2D eigenvalue weighted by Gasteiger charge is 2.20. The summed E-state index contributed by atoms with van der Waals surface area (Å²) in [5.74, 6) is 0.690. The summed E-state index contributed by atoms with van der Waals surface area (Å²) in [4.78, 5) is 2.33. The predicted octanol–water partition coefficient (Wildman–Crippen LogP) is 2.17. The van der Waals surface area contributed by atoms with Gasteiger partial charge in [0.2, 0.25) is 0 Å². The van der Waals surface area contributed by atoms with Crippen molar-refractivity contribution in [3.8, 4) is 11.8 Å². The van der Waals surface area contributed by atoms with Crippen LogP contribution in [-0.4, -0.2) is 41.8 Å². The van der Waals surface area contributed by atoms with Crippen LogP contribution >= 0.6 is 0 Å². The van der Waals surface area contributed by atoms with Crippen LogP contribution in [0.25, 0.3) is 0 Å². The maximum atomic E-state index is 10.1. The van der Waals surface area contributed by atoms with E-state index in [4.69, 9.17) is 10.00 Å². The normalized spacial score (nSPS) is 21.1. The minimum absolute atomic E-state index is 0.287. The Bertz CT molecular complexity index is 453. The minimum Gasteiger partial charge on any atom is -0.491 e. The summed E-state index contributed by atoms with van der Waals surface area (Å²) in [6.07, 6.45) is 3.23. The number of β-amino-alcohol motifs (C(OH)–C–C–N with tert-alkyl or cyclic N) is 1. The molecule has 0 aliphatic carbocycles. The number of hydrogen-bond acceptors (Lipinski definition) is 4. The van der Waals surface area contributed by atoms with E-state index in [9.17, 15) is 5.11 Å². The SMILES string of the molecule is C[C@@H]1CCCCN1C[C@@H](O)COc1ccc(C#N)cc1. The van der Waals surface area contributed by atoms with Crippen LogP contribution in [0.15, 0.2) is 24.3 Å². The molecule has 1 N–H and O–H groups in total. The molecule has 4 heteroatoms. The number of piperidine rings is 1. The minimum atomic E-state index is -0.480. The first-order valence-corrected chi connectivity index (χ1v) is 7.24. The molecule has 108 valence electrons. The van der Waals surface area contributed by atoms with Gasteiger partial charge < -0.3 is 9.84 Å². The molecule has 0 bridgehead atoms. The van der Waals surface area contributed by atoms with E-state index in [1.807, 2.05) is 0 Å². The standard InChI is InChI=1S/C16H22N2O2/c1-13-4-2-3-9-18(13)11-15(19)12-20-16-7-5-14(10-17)6-8-16/h5-8,13,15,19H,2-4,9,11-12H2,1H3/t13-,15-/m1/s1. The van der Waals surface area contributed by atoms with Crippen LogP contribution in [0.5, 0.6) is 5.75 Å². The Morgan fingerprint density at radius 2 is 2.15 bits per heavy atom. The molecule has 1 aliphatic rings. The fourth-order valence-corrected chi connectivity index (χ4v) is 2.57. The lowest BCUT2D eigenvalue weighted by Gasteiger charge is -2.34. The molecular weight excluding hydrogens is 252 g/mol. The second-order valence-electron chi connectivity index (χ2n) is 5.44. The van der Waals surface area contributed by atoms with Crippen LogP contribution in [0.2, 0.25) is 0 Å². The summed E-state index contributed by atoms with van der Waals surface area (Å²) in [5.41, 5.74) is 0.611. The van der Waals surface area contributed by atoms with Gasteiger partial charge in [0.05, 0.1) is 11.6 Å². The zero-order chi connectivity index (χ0) is 14.4. The zero-order valence-electron chi connectivity index (χ0n) is 12.0. The van der Waals surface area contributed by atoms with E-state index in [-0.39, 0.29) is 6.61 Å². The van der Waals surface area contributed by atoms with Gasteiger partial charge in [-0.2, -0.15) is 5.26 Å². The lowest BCUT2D eigenvalue weighted by Crippen LogP contribution is -2.43. The highest BCUT2D eigenvalue weighted by molar-refractivity contribution is 5.34. The largest absolute Gasteiger partial charge is 0.491 e. The molecule has 0 unspecified atom stereocenters. The van der Waals surface area contributed by atoms with Crippen LogP contribution in [0.3, 0.4) is 0 Å². The Balaban J connectivity index is 1.76. The van der Waals surface area contributed by atoms with E-state index in [1.165, 1.54) is 19.3 Å². The third-order valence-corrected chi connectivity index (χ3v) is 3.81. The summed E-state index contributed by atoms with van der Waals surface area (Å²) < 4.78 is 5.56. The molecule has 1 aliphatic heterocycles. The molecule has 4 nitrogen and oxygen atoms in total. The van der Waals surface area contributed by atoms with Gasteiger partial charge in [-0.15, -0.1) is 0 Å². The average Bonchev–Trinajstić information content (AvgIpc) is 2.48. The molecule has 0 aromatic heterocycles. The average molecular weight is 274 g/mol. The number of aliphatic hydroxyl groups excluding tert-OH is 1. The van der Waals surface area contributed by atoms with Gasteiger partial charge in [-0.25, -0.2) is 0 Å². The summed E-state index contributed by atoms with van der Waals surface area (Å²) in [6.45, 7) is 4.23. The molecule has 0 radical (unpaired) electrons. The van der Waals surface area contributed by atoms with Crippen molar-refractivity contribution >= 4 is 0 Å². The van der Waals surface area contributed by atoms with Gasteiger partial charge in [-0.05, 0) is 50.6 Å². The van der Waals surface area contributed by atoms with E-state index in [1.54, 1.807) is 24.3 Å². The van der Waals surface area contributed by atoms with E-state index in [0.29, 0.717) is 23.9 Å². The molecule has 1 aromatic carbocycles. The first-order valence-electron chi connectivity index (χ1n) is 7.24. The number of ether oxygens (including phenoxy) is 1. The number of aliphatic hydroxyl groups is 1. The Kier molecular flexibility index (Phi) is 5.40. The van der Waals surface area contributed by atoms with E-state index in [2.05, 4.69) is 17.9 Å². The quantitative estimate of drug-likeness (QED) is 0.894. The van der Waals surface area contributed by atoms with Gasteiger partial charge in [0.15, 0.2) is 0 Å². The van der Waals surface area contributed by atoms with Crippen molar-refractivity contribution in [1.29, 1.82) is 5.26 Å². The number of benzene rings is 1. The van der Waals surface area contributed by atoms with Crippen LogP contribution in [0.4, 0.5) is 0 Å². The lowest BCUT2D eigenvalue weighted by atomic mass is 10.0. The Morgan fingerprint density at radius 1 is 1.40 bits per heavy atom. The molecule has 1 aromatic rings. The van der Waals surface area contributed by atoms with Gasteiger partial charge in [0.25, 0.3) is 0 Å². The number of nitrogens with zero attached hydrogens (tertiary/aromatic N) is 2. The molecule has 0 saturated carbocycles. The molecule has 1 heterocycles. The van der Waals surface area contributed by atoms with Crippen LogP contribution in [0, 0.1) is 11.3 Å². The molecule has 1 saturated heterocycles. The summed E-state index contributed by atoms with van der Waals surface area (Å²) >= 11 is 0. The van der Waals surface area contributed by atoms with Crippen molar-refractivity contribution in [2.75, 3.05) is 19.7 Å². The summed E-state index contributed by atoms with van der Waals surface area (Å²) in [6, 6.07) is 9.57. The first-order chi connectivity index (χ1) is 9.69. The highest BCUT2D eigenvalue weighted by atomic mass is 16.5. The lowest BCUT2D eigenvalue weighted by molar-refractivity contribution is 0.0438. The number of rotatable bonds is 5. The van der Waals surface area contributed by atoms with E-state index < -0.39 is 6.10 Å². The second-order valence-corrected chi connectivity index (χ2v) is 5.44. The summed E-state index contributed by atoms with van der Waals surface area (Å²) in [5, 5.41) is 18.8. The molecule has 0 amide bonds. The fourth-order valence-electron chi connectivity index (χ4n) is 2.57. The number of hydrogen-bond donors (Lipinski definition) is 1. The molecule has 2 atom stereocenters. The predicted molar refractivity (Wildman–Crippen MR) is 77.5 cm³/mol. The van der Waals surface area contributed by atoms with Crippen molar-refractivity contribution in [2.24, 2.45) is 0 Å². The Labute approximate surface area is 120 Å². The van der Waals surface area contributed by atoms with Crippen molar-refractivity contribution in [3.05, 3.63) is 29.8 Å². The van der Waals surface area contributed by atoms with Crippen molar-refractivity contribution in [2.45, 2.75) is 38.3 Å². The highest BCUT2D eigenvalue weighted by Crippen LogP contribution is 2.17. The third-order valence-electron chi connectivity index (χ3n) is 3.81. The van der Waals surface area contributed by atoms with E-state index in [0.717, 1.165) is 6.54 Å². The molecular formula is C16H22N2O2. The molecule has 2 rings (SSSR count). The summed E-state index contributed by atoms with van der Waals surface area (Å²) in [7, 11) is 0. The Morgan fingerprint density at radius 3 is 2.80 bits per heavy atom. The molecule has 20 heavy (non-hydrogen) atoms. The molecule has 0 spiro atoms. The maximum absolute atomic E-state index is 10.1.